The van der Waals surface area contributed by atoms with Crippen LogP contribution < -0.4 is 5.48 Å². The fourth-order valence-electron chi connectivity index (χ4n) is 3.84. The second kappa shape index (κ2) is 9.90. The van der Waals surface area contributed by atoms with Crippen LogP contribution in [0.2, 0.25) is 0 Å². The zero-order valence-corrected chi connectivity index (χ0v) is 19.6. The number of amides is 1. The number of alkyl halides is 3. The van der Waals surface area contributed by atoms with Crippen molar-refractivity contribution in [1.29, 1.82) is 0 Å². The van der Waals surface area contributed by atoms with Gasteiger partial charge in [-0.3, -0.25) is 9.78 Å². The minimum Gasteiger partial charge on any atom is -0.381 e. The SMILES string of the molecule is O=C(NOC1CCCCO1)C1(S(=O)(=O)c2ccc(-c3ccc(C(F)(F)F)cn3)s2)CCOCC1. The first-order chi connectivity index (χ1) is 16.1. The van der Waals surface area contributed by atoms with Crippen LogP contribution >= 0.6 is 11.3 Å². The van der Waals surface area contributed by atoms with E-state index in [1.807, 2.05) is 0 Å². The first-order valence-corrected chi connectivity index (χ1v) is 13.0. The largest absolute Gasteiger partial charge is 0.417 e. The summed E-state index contributed by atoms with van der Waals surface area (Å²) < 4.78 is 74.6. The number of thiophene rings is 1. The van der Waals surface area contributed by atoms with Gasteiger partial charge in [-0.05, 0) is 49.9 Å². The predicted octanol–water partition coefficient (Wildman–Crippen LogP) is 3.73. The lowest BCUT2D eigenvalue weighted by molar-refractivity contribution is -0.202. The van der Waals surface area contributed by atoms with Gasteiger partial charge < -0.3 is 9.47 Å². The van der Waals surface area contributed by atoms with E-state index in [1.165, 1.54) is 18.2 Å². The summed E-state index contributed by atoms with van der Waals surface area (Å²) in [6.07, 6.45) is -2.27. The molecule has 2 fully saturated rings. The van der Waals surface area contributed by atoms with E-state index in [-0.39, 0.29) is 36.0 Å². The maximum Gasteiger partial charge on any atom is 0.417 e. The highest BCUT2D eigenvalue weighted by Gasteiger charge is 2.53. The lowest BCUT2D eigenvalue weighted by Gasteiger charge is -2.35. The number of sulfone groups is 1. The van der Waals surface area contributed by atoms with Crippen LogP contribution in [-0.2, 0) is 35.1 Å². The van der Waals surface area contributed by atoms with E-state index >= 15 is 0 Å². The molecular formula is C21H23F3N2O6S2. The van der Waals surface area contributed by atoms with Gasteiger partial charge in [-0.2, -0.15) is 13.2 Å². The third-order valence-electron chi connectivity index (χ3n) is 5.84. The van der Waals surface area contributed by atoms with Crippen LogP contribution in [0.25, 0.3) is 10.6 Å². The smallest absolute Gasteiger partial charge is 0.381 e. The molecule has 8 nitrogen and oxygen atoms in total. The number of hydroxylamine groups is 1. The summed E-state index contributed by atoms with van der Waals surface area (Å²) in [5.41, 5.74) is 1.58. The molecule has 1 N–H and O–H groups in total. The molecule has 2 aliphatic heterocycles. The zero-order valence-electron chi connectivity index (χ0n) is 18.0. The Labute approximate surface area is 198 Å². The second-order valence-corrected chi connectivity index (χ2v) is 11.6. The first-order valence-electron chi connectivity index (χ1n) is 10.7. The Hall–Kier alpha value is -2.06. The molecule has 2 aromatic rings. The van der Waals surface area contributed by atoms with Crippen molar-refractivity contribution >= 4 is 27.1 Å². The van der Waals surface area contributed by atoms with Gasteiger partial charge in [-0.25, -0.2) is 18.7 Å². The number of rotatable bonds is 6. The molecule has 0 aromatic carbocycles. The van der Waals surface area contributed by atoms with Gasteiger partial charge in [-0.1, -0.05) is 0 Å². The van der Waals surface area contributed by atoms with Crippen molar-refractivity contribution in [3.63, 3.8) is 0 Å². The minimum atomic E-state index is -4.52. The van der Waals surface area contributed by atoms with Crippen LogP contribution in [0, 0.1) is 0 Å². The standard InChI is InChI=1S/C21H23F3N2O6S2/c22-21(23,24)14-4-5-15(25-13-14)16-6-7-18(33-16)34(28,29)20(8-11-30-12-9-20)19(27)26-32-17-3-1-2-10-31-17/h4-7,13,17H,1-3,8-12H2,(H,26,27). The second-order valence-electron chi connectivity index (χ2n) is 8.00. The number of carbonyl (C=O) groups excluding carboxylic acids is 1. The molecule has 34 heavy (non-hydrogen) atoms. The Morgan fingerprint density at radius 2 is 1.91 bits per heavy atom. The molecule has 13 heteroatoms. The average molecular weight is 521 g/mol. The number of nitrogens with one attached hydrogen (secondary N) is 1. The summed E-state index contributed by atoms with van der Waals surface area (Å²) in [6, 6.07) is 4.86. The highest BCUT2D eigenvalue weighted by Crippen LogP contribution is 2.40. The van der Waals surface area contributed by atoms with Gasteiger partial charge >= 0.3 is 6.18 Å². The molecule has 0 aliphatic carbocycles. The molecule has 4 rings (SSSR count). The molecule has 2 saturated heterocycles. The van der Waals surface area contributed by atoms with E-state index in [2.05, 4.69) is 10.5 Å². The monoisotopic (exact) mass is 520 g/mol. The molecule has 186 valence electrons. The maximum absolute atomic E-state index is 13.7. The van der Waals surface area contributed by atoms with Crippen LogP contribution in [0.1, 0.15) is 37.7 Å². The number of halogens is 3. The van der Waals surface area contributed by atoms with Crippen LogP contribution in [0.15, 0.2) is 34.7 Å². The minimum absolute atomic E-state index is 0.0676. The normalized spacial score (nSPS) is 21.2. The summed E-state index contributed by atoms with van der Waals surface area (Å²) in [5.74, 6) is -0.799. The number of nitrogens with zero attached hydrogens (tertiary/aromatic N) is 1. The summed E-state index contributed by atoms with van der Waals surface area (Å²) in [5, 5.41) is 0. The van der Waals surface area contributed by atoms with E-state index in [1.54, 1.807) is 0 Å². The van der Waals surface area contributed by atoms with Crippen molar-refractivity contribution in [2.45, 2.75) is 53.5 Å². The molecule has 0 radical (unpaired) electrons. The van der Waals surface area contributed by atoms with Gasteiger partial charge in [0.1, 0.15) is 4.21 Å². The van der Waals surface area contributed by atoms with E-state index in [9.17, 15) is 26.4 Å². The number of hydrogen-bond donors (Lipinski definition) is 1. The van der Waals surface area contributed by atoms with Gasteiger partial charge in [-0.15, -0.1) is 11.3 Å². The zero-order chi connectivity index (χ0) is 24.4. The fraction of sp³-hybridized carbons (Fsp3) is 0.524. The number of carbonyl (C=O) groups is 1. The third-order valence-corrected chi connectivity index (χ3v) is 9.94. The summed E-state index contributed by atoms with van der Waals surface area (Å²) >= 11 is 0.844. The highest BCUT2D eigenvalue weighted by atomic mass is 32.2. The van der Waals surface area contributed by atoms with Crippen molar-refractivity contribution in [2.75, 3.05) is 19.8 Å². The highest BCUT2D eigenvalue weighted by molar-refractivity contribution is 7.95. The maximum atomic E-state index is 13.7. The van der Waals surface area contributed by atoms with Crippen LogP contribution in [0.5, 0.6) is 0 Å². The van der Waals surface area contributed by atoms with Crippen LogP contribution in [0.4, 0.5) is 13.2 Å². The quantitative estimate of drug-likeness (QED) is 0.579. The summed E-state index contributed by atoms with van der Waals surface area (Å²) in [6.45, 7) is 0.643. The van der Waals surface area contributed by atoms with Crippen molar-refractivity contribution in [3.05, 3.63) is 36.0 Å². The van der Waals surface area contributed by atoms with Gasteiger partial charge in [0.2, 0.25) is 9.84 Å². The summed E-state index contributed by atoms with van der Waals surface area (Å²) in [4.78, 5) is 22.7. The Morgan fingerprint density at radius 3 is 2.53 bits per heavy atom. The predicted molar refractivity (Wildman–Crippen MR) is 115 cm³/mol. The van der Waals surface area contributed by atoms with E-state index in [0.29, 0.717) is 24.1 Å². The molecule has 2 aromatic heterocycles. The van der Waals surface area contributed by atoms with Crippen molar-refractivity contribution in [2.24, 2.45) is 0 Å². The third kappa shape index (κ3) is 4.98. The topological polar surface area (TPSA) is 104 Å². The lowest BCUT2D eigenvalue weighted by Crippen LogP contribution is -2.56. The van der Waals surface area contributed by atoms with E-state index in [0.717, 1.165) is 30.2 Å². The Balaban J connectivity index is 1.57. The Morgan fingerprint density at radius 1 is 1.15 bits per heavy atom. The van der Waals surface area contributed by atoms with Crippen molar-refractivity contribution in [1.82, 2.24) is 10.5 Å². The van der Waals surface area contributed by atoms with Gasteiger partial charge in [0.25, 0.3) is 5.91 Å². The average Bonchev–Trinajstić information content (AvgIpc) is 3.34. The van der Waals surface area contributed by atoms with Crippen molar-refractivity contribution < 1.29 is 40.7 Å². The Bertz CT molecular complexity index is 1110. The molecular weight excluding hydrogens is 497 g/mol. The van der Waals surface area contributed by atoms with Gasteiger partial charge in [0.05, 0.1) is 16.1 Å². The van der Waals surface area contributed by atoms with E-state index in [4.69, 9.17) is 14.3 Å². The molecule has 1 unspecified atom stereocenters. The number of hydrogen-bond acceptors (Lipinski definition) is 8. The molecule has 4 heterocycles. The number of ether oxygens (including phenoxy) is 2. The van der Waals surface area contributed by atoms with Crippen LogP contribution in [0.3, 0.4) is 0 Å². The molecule has 0 bridgehead atoms. The molecule has 1 atom stereocenters. The first kappa shape index (κ1) is 25.0. The van der Waals surface area contributed by atoms with Gasteiger partial charge in [0, 0.05) is 32.4 Å². The molecule has 2 aliphatic rings. The molecule has 0 spiro atoms. The molecule has 0 saturated carbocycles. The number of aromatic nitrogens is 1. The van der Waals surface area contributed by atoms with Gasteiger partial charge in [0.15, 0.2) is 11.0 Å². The van der Waals surface area contributed by atoms with Crippen LogP contribution in [-0.4, -0.2) is 50.2 Å². The van der Waals surface area contributed by atoms with E-state index < -0.39 is 38.5 Å². The Kier molecular flexibility index (Phi) is 7.29. The lowest BCUT2D eigenvalue weighted by atomic mass is 9.98. The fourth-order valence-corrected chi connectivity index (χ4v) is 7.36. The molecule has 1 amide bonds. The number of pyridine rings is 1. The van der Waals surface area contributed by atoms with Crippen molar-refractivity contribution in [3.8, 4) is 10.6 Å². The summed E-state index contributed by atoms with van der Waals surface area (Å²) in [7, 11) is -4.20.